The molecule has 2 aromatic carbocycles. The van der Waals surface area contributed by atoms with E-state index in [-0.39, 0.29) is 5.91 Å². The second-order valence-corrected chi connectivity index (χ2v) is 6.99. The van der Waals surface area contributed by atoms with Gasteiger partial charge in [-0.1, -0.05) is 65.3 Å². The third kappa shape index (κ3) is 5.04. The summed E-state index contributed by atoms with van der Waals surface area (Å²) in [5.74, 6) is -0.00330. The number of halogens is 2. The minimum absolute atomic E-state index is 0.00330. The van der Waals surface area contributed by atoms with Gasteiger partial charge in [0.2, 0.25) is 5.91 Å². The third-order valence-electron chi connectivity index (χ3n) is 3.50. The Labute approximate surface area is 157 Å². The van der Waals surface area contributed by atoms with E-state index in [1.54, 1.807) is 23.1 Å². The molecule has 0 aliphatic heterocycles. The summed E-state index contributed by atoms with van der Waals surface area (Å²) in [6.45, 7) is 5.31. The van der Waals surface area contributed by atoms with Crippen LogP contribution in [0.4, 0.5) is 0 Å². The lowest BCUT2D eigenvalue weighted by Gasteiger charge is -2.17. The van der Waals surface area contributed by atoms with Gasteiger partial charge in [-0.2, -0.15) is 0 Å². The molecule has 2 nitrogen and oxygen atoms in total. The largest absolute Gasteiger partial charge is 0.340 e. The van der Waals surface area contributed by atoms with E-state index in [1.165, 1.54) is 11.8 Å². The Balaban J connectivity index is 2.38. The van der Waals surface area contributed by atoms with Gasteiger partial charge < -0.3 is 4.90 Å². The zero-order chi connectivity index (χ0) is 17.5. The molecular formula is C19H19Cl2NOS. The molecule has 0 heterocycles. The fourth-order valence-corrected chi connectivity index (χ4v) is 3.66. The lowest BCUT2D eigenvalue weighted by atomic mass is 10.2. The van der Waals surface area contributed by atoms with Gasteiger partial charge >= 0.3 is 0 Å². The van der Waals surface area contributed by atoms with Gasteiger partial charge in [0.1, 0.15) is 0 Å². The first-order valence-electron chi connectivity index (χ1n) is 7.74. The van der Waals surface area contributed by atoms with Crippen molar-refractivity contribution < 1.29 is 4.79 Å². The van der Waals surface area contributed by atoms with Gasteiger partial charge in [-0.15, -0.1) is 0 Å². The van der Waals surface area contributed by atoms with Crippen LogP contribution in [0.2, 0.25) is 10.0 Å². The molecule has 5 heteroatoms. The highest BCUT2D eigenvalue weighted by atomic mass is 35.5. The maximum atomic E-state index is 12.5. The number of carbonyl (C=O) groups excluding carboxylic acids is 1. The molecule has 0 radical (unpaired) electrons. The molecule has 0 fully saturated rings. The van der Waals surface area contributed by atoms with Crippen LogP contribution >= 0.6 is 35.0 Å². The van der Waals surface area contributed by atoms with E-state index in [0.29, 0.717) is 23.1 Å². The molecule has 24 heavy (non-hydrogen) atoms. The zero-order valence-corrected chi connectivity index (χ0v) is 16.0. The molecule has 0 atom stereocenters. The molecule has 2 aromatic rings. The normalized spacial score (nSPS) is 11.4. The van der Waals surface area contributed by atoms with Crippen LogP contribution in [-0.4, -0.2) is 23.9 Å². The molecule has 0 aliphatic carbocycles. The van der Waals surface area contributed by atoms with Crippen LogP contribution in [0.25, 0.3) is 4.91 Å². The second kappa shape index (κ2) is 9.16. The number of rotatable bonds is 6. The standard InChI is InChI=1S/C19H19Cl2NOS/c1-3-22(4-2)19(23)13-18(14-8-6-5-7-9-14)24-17-11-10-15(20)12-16(17)21/h5-13H,3-4H2,1-2H3/b18-13-. The number of thioether (sulfide) groups is 1. The molecule has 0 aliphatic rings. The number of nitrogens with zero attached hydrogens (tertiary/aromatic N) is 1. The smallest absolute Gasteiger partial charge is 0.247 e. The summed E-state index contributed by atoms with van der Waals surface area (Å²) in [6, 6.07) is 15.2. The van der Waals surface area contributed by atoms with Crippen LogP contribution in [0, 0.1) is 0 Å². The first kappa shape index (κ1) is 18.9. The molecule has 0 unspecified atom stereocenters. The maximum Gasteiger partial charge on any atom is 0.247 e. The Bertz CT molecular complexity index is 727. The number of amides is 1. The van der Waals surface area contributed by atoms with Gasteiger partial charge in [-0.05, 0) is 37.6 Å². The van der Waals surface area contributed by atoms with Crippen molar-refractivity contribution in [2.24, 2.45) is 0 Å². The van der Waals surface area contributed by atoms with Crippen molar-refractivity contribution in [1.82, 2.24) is 4.90 Å². The first-order valence-corrected chi connectivity index (χ1v) is 9.31. The van der Waals surface area contributed by atoms with Crippen LogP contribution in [0.5, 0.6) is 0 Å². The first-order chi connectivity index (χ1) is 11.5. The summed E-state index contributed by atoms with van der Waals surface area (Å²) in [5, 5.41) is 1.17. The second-order valence-electron chi connectivity index (χ2n) is 5.06. The van der Waals surface area contributed by atoms with Crippen molar-refractivity contribution in [3.63, 3.8) is 0 Å². The summed E-state index contributed by atoms with van der Waals surface area (Å²) >= 11 is 13.7. The fourth-order valence-electron chi connectivity index (χ4n) is 2.19. The minimum atomic E-state index is -0.00330. The van der Waals surface area contributed by atoms with Crippen molar-refractivity contribution in [3.05, 3.63) is 70.2 Å². The van der Waals surface area contributed by atoms with Gasteiger partial charge in [-0.3, -0.25) is 4.79 Å². The summed E-state index contributed by atoms with van der Waals surface area (Å²) in [5.41, 5.74) is 0.981. The van der Waals surface area contributed by atoms with E-state index in [1.807, 2.05) is 50.2 Å². The average Bonchev–Trinajstić information content (AvgIpc) is 2.58. The lowest BCUT2D eigenvalue weighted by Crippen LogP contribution is -2.28. The van der Waals surface area contributed by atoms with E-state index < -0.39 is 0 Å². The average molecular weight is 380 g/mol. The molecular weight excluding hydrogens is 361 g/mol. The fraction of sp³-hybridized carbons (Fsp3) is 0.211. The Morgan fingerprint density at radius 1 is 1.08 bits per heavy atom. The lowest BCUT2D eigenvalue weighted by molar-refractivity contribution is -0.125. The van der Waals surface area contributed by atoms with Crippen LogP contribution < -0.4 is 0 Å². The van der Waals surface area contributed by atoms with Crippen molar-refractivity contribution in [2.75, 3.05) is 13.1 Å². The zero-order valence-electron chi connectivity index (χ0n) is 13.6. The van der Waals surface area contributed by atoms with Crippen LogP contribution in [0.15, 0.2) is 59.5 Å². The van der Waals surface area contributed by atoms with Crippen LogP contribution in [-0.2, 0) is 4.79 Å². The van der Waals surface area contributed by atoms with Crippen molar-refractivity contribution in [2.45, 2.75) is 18.7 Å². The Kier molecular flexibility index (Phi) is 7.22. The predicted octanol–water partition coefficient (Wildman–Crippen LogP) is 6.00. The number of hydrogen-bond donors (Lipinski definition) is 0. The third-order valence-corrected chi connectivity index (χ3v) is 5.31. The van der Waals surface area contributed by atoms with Gasteiger partial charge in [0.25, 0.3) is 0 Å². The quantitative estimate of drug-likeness (QED) is 0.453. The molecule has 0 saturated heterocycles. The van der Waals surface area contributed by atoms with E-state index in [0.717, 1.165) is 15.4 Å². The summed E-state index contributed by atoms with van der Waals surface area (Å²) < 4.78 is 0. The molecule has 0 bridgehead atoms. The maximum absolute atomic E-state index is 12.5. The summed E-state index contributed by atoms with van der Waals surface area (Å²) in [6.07, 6.45) is 1.68. The van der Waals surface area contributed by atoms with E-state index >= 15 is 0 Å². The molecule has 0 saturated carbocycles. The molecule has 2 rings (SSSR count). The highest BCUT2D eigenvalue weighted by molar-refractivity contribution is 8.08. The van der Waals surface area contributed by atoms with E-state index in [2.05, 4.69) is 0 Å². The minimum Gasteiger partial charge on any atom is -0.340 e. The molecule has 0 N–H and O–H groups in total. The molecule has 0 spiro atoms. The van der Waals surface area contributed by atoms with Gasteiger partial charge in [0.05, 0.1) is 5.02 Å². The number of benzene rings is 2. The van der Waals surface area contributed by atoms with Crippen molar-refractivity contribution in [3.8, 4) is 0 Å². The number of carbonyl (C=O) groups is 1. The van der Waals surface area contributed by atoms with E-state index in [4.69, 9.17) is 23.2 Å². The topological polar surface area (TPSA) is 20.3 Å². The van der Waals surface area contributed by atoms with Crippen molar-refractivity contribution >= 4 is 45.8 Å². The van der Waals surface area contributed by atoms with Crippen LogP contribution in [0.1, 0.15) is 19.4 Å². The summed E-state index contributed by atoms with van der Waals surface area (Å²) in [7, 11) is 0. The number of hydrogen-bond acceptors (Lipinski definition) is 2. The Morgan fingerprint density at radius 2 is 1.75 bits per heavy atom. The van der Waals surface area contributed by atoms with Gasteiger partial charge in [0.15, 0.2) is 0 Å². The predicted molar refractivity (Wildman–Crippen MR) is 105 cm³/mol. The van der Waals surface area contributed by atoms with Gasteiger partial charge in [0, 0.05) is 34.0 Å². The SMILES string of the molecule is CCN(CC)C(=O)/C=C(\Sc1ccc(Cl)cc1Cl)c1ccccc1. The molecule has 0 aromatic heterocycles. The Hall–Kier alpha value is -1.42. The highest BCUT2D eigenvalue weighted by Gasteiger charge is 2.13. The molecule has 1 amide bonds. The van der Waals surface area contributed by atoms with E-state index in [9.17, 15) is 4.79 Å². The van der Waals surface area contributed by atoms with Gasteiger partial charge in [-0.25, -0.2) is 0 Å². The van der Waals surface area contributed by atoms with Crippen molar-refractivity contribution in [1.29, 1.82) is 0 Å². The number of likely N-dealkylation sites (N-methyl/N-ethyl adjacent to an activating group) is 1. The van der Waals surface area contributed by atoms with Crippen LogP contribution in [0.3, 0.4) is 0 Å². The summed E-state index contributed by atoms with van der Waals surface area (Å²) in [4.78, 5) is 16.0. The molecule has 126 valence electrons. The highest BCUT2D eigenvalue weighted by Crippen LogP contribution is 2.39. The Morgan fingerprint density at radius 3 is 2.33 bits per heavy atom. The monoisotopic (exact) mass is 379 g/mol.